The van der Waals surface area contributed by atoms with Crippen LogP contribution < -0.4 is 0 Å². The summed E-state index contributed by atoms with van der Waals surface area (Å²) in [4.78, 5) is 42.6. The van der Waals surface area contributed by atoms with E-state index in [0.29, 0.717) is 39.3 Å². The summed E-state index contributed by atoms with van der Waals surface area (Å²) < 4.78 is 0. The Morgan fingerprint density at radius 2 is 1.44 bits per heavy atom. The molecule has 0 aliphatic carbocycles. The maximum absolute atomic E-state index is 12.8. The fourth-order valence-electron chi connectivity index (χ4n) is 3.97. The van der Waals surface area contributed by atoms with Gasteiger partial charge in [0.2, 0.25) is 11.8 Å². The SMILES string of the molecule is CC(=O)N1CCC(C(=O)N2CCN(C(=O)c3cc(C)ccc3C)CC2)CC1. The fraction of sp³-hybridized carbons (Fsp3) is 0.571. The number of carbonyl (C=O) groups excluding carboxylic acids is 3. The summed E-state index contributed by atoms with van der Waals surface area (Å²) in [6, 6.07) is 5.94. The summed E-state index contributed by atoms with van der Waals surface area (Å²) >= 11 is 0. The van der Waals surface area contributed by atoms with E-state index in [0.717, 1.165) is 29.5 Å². The molecule has 1 aromatic rings. The molecule has 0 bridgehead atoms. The van der Waals surface area contributed by atoms with Gasteiger partial charge in [0.1, 0.15) is 0 Å². The molecule has 2 aliphatic rings. The number of aryl methyl sites for hydroxylation is 2. The lowest BCUT2D eigenvalue weighted by molar-refractivity contribution is -0.141. The van der Waals surface area contributed by atoms with Crippen molar-refractivity contribution in [3.8, 4) is 0 Å². The van der Waals surface area contributed by atoms with Crippen molar-refractivity contribution in [1.82, 2.24) is 14.7 Å². The lowest BCUT2D eigenvalue weighted by Crippen LogP contribution is -2.53. The molecular formula is C21H29N3O3. The summed E-state index contributed by atoms with van der Waals surface area (Å²) in [5.41, 5.74) is 2.82. The van der Waals surface area contributed by atoms with Gasteiger partial charge in [0.05, 0.1) is 0 Å². The first kappa shape index (κ1) is 19.4. The van der Waals surface area contributed by atoms with Crippen molar-refractivity contribution in [2.24, 2.45) is 5.92 Å². The second-order valence-corrected chi connectivity index (χ2v) is 7.72. The van der Waals surface area contributed by atoms with Crippen molar-refractivity contribution in [1.29, 1.82) is 0 Å². The third-order valence-corrected chi connectivity index (χ3v) is 5.79. The van der Waals surface area contributed by atoms with Crippen LogP contribution in [0.25, 0.3) is 0 Å². The van der Waals surface area contributed by atoms with Crippen LogP contribution in [0.3, 0.4) is 0 Å². The minimum atomic E-state index is 0.00173. The molecule has 6 heteroatoms. The Morgan fingerprint density at radius 3 is 2.04 bits per heavy atom. The quantitative estimate of drug-likeness (QED) is 0.797. The van der Waals surface area contributed by atoms with Crippen LogP contribution in [0.15, 0.2) is 18.2 Å². The lowest BCUT2D eigenvalue weighted by Gasteiger charge is -2.38. The van der Waals surface area contributed by atoms with Gasteiger partial charge in [-0.25, -0.2) is 0 Å². The van der Waals surface area contributed by atoms with Crippen LogP contribution in [0.1, 0.15) is 41.3 Å². The average Bonchev–Trinajstić information content (AvgIpc) is 2.69. The molecule has 6 nitrogen and oxygen atoms in total. The molecule has 0 atom stereocenters. The van der Waals surface area contributed by atoms with Crippen LogP contribution in [0, 0.1) is 19.8 Å². The van der Waals surface area contributed by atoms with Gasteiger partial charge in [-0.2, -0.15) is 0 Å². The van der Waals surface area contributed by atoms with E-state index in [1.165, 1.54) is 0 Å². The molecule has 0 radical (unpaired) electrons. The molecule has 2 saturated heterocycles. The van der Waals surface area contributed by atoms with Crippen molar-refractivity contribution in [2.75, 3.05) is 39.3 Å². The maximum atomic E-state index is 12.8. The number of amides is 3. The van der Waals surface area contributed by atoms with Gasteiger partial charge in [0.25, 0.3) is 5.91 Å². The number of nitrogens with zero attached hydrogens (tertiary/aromatic N) is 3. The van der Waals surface area contributed by atoms with Gasteiger partial charge in [-0.15, -0.1) is 0 Å². The van der Waals surface area contributed by atoms with Gasteiger partial charge in [0.15, 0.2) is 0 Å². The Kier molecular flexibility index (Phi) is 5.82. The zero-order chi connectivity index (χ0) is 19.6. The van der Waals surface area contributed by atoms with Gasteiger partial charge in [-0.05, 0) is 38.3 Å². The van der Waals surface area contributed by atoms with E-state index in [2.05, 4.69) is 0 Å². The van der Waals surface area contributed by atoms with Crippen molar-refractivity contribution < 1.29 is 14.4 Å². The van der Waals surface area contributed by atoms with E-state index in [4.69, 9.17) is 0 Å². The normalized spacial score (nSPS) is 18.6. The lowest BCUT2D eigenvalue weighted by atomic mass is 9.95. The van der Waals surface area contributed by atoms with Crippen molar-refractivity contribution in [2.45, 2.75) is 33.6 Å². The highest BCUT2D eigenvalue weighted by Gasteiger charge is 2.32. The molecule has 0 N–H and O–H groups in total. The number of rotatable bonds is 2. The summed E-state index contributed by atoms with van der Waals surface area (Å²) in [6.45, 7) is 9.17. The number of piperidine rings is 1. The van der Waals surface area contributed by atoms with Gasteiger partial charge >= 0.3 is 0 Å². The molecule has 0 saturated carbocycles. The molecule has 2 aliphatic heterocycles. The molecule has 27 heavy (non-hydrogen) atoms. The maximum Gasteiger partial charge on any atom is 0.254 e. The highest BCUT2D eigenvalue weighted by molar-refractivity contribution is 5.96. The molecule has 2 heterocycles. The zero-order valence-corrected chi connectivity index (χ0v) is 16.5. The minimum Gasteiger partial charge on any atom is -0.343 e. The van der Waals surface area contributed by atoms with Crippen LogP contribution in [-0.4, -0.2) is 71.7 Å². The summed E-state index contributed by atoms with van der Waals surface area (Å²) in [5, 5.41) is 0. The minimum absolute atomic E-state index is 0.00173. The summed E-state index contributed by atoms with van der Waals surface area (Å²) in [6.07, 6.45) is 1.47. The topological polar surface area (TPSA) is 60.9 Å². The number of piperazine rings is 1. The van der Waals surface area contributed by atoms with Crippen LogP contribution in [-0.2, 0) is 9.59 Å². The van der Waals surface area contributed by atoms with Crippen LogP contribution in [0.4, 0.5) is 0 Å². The first-order valence-electron chi connectivity index (χ1n) is 9.77. The predicted octanol–water partition coefficient (Wildman–Crippen LogP) is 1.85. The largest absolute Gasteiger partial charge is 0.343 e. The van der Waals surface area contributed by atoms with Gasteiger partial charge in [0, 0.05) is 57.7 Å². The summed E-state index contributed by atoms with van der Waals surface area (Å²) in [7, 11) is 0. The second kappa shape index (κ2) is 8.11. The molecular weight excluding hydrogens is 342 g/mol. The van der Waals surface area contributed by atoms with E-state index in [1.807, 2.05) is 46.7 Å². The molecule has 1 aromatic carbocycles. The molecule has 0 unspecified atom stereocenters. The third-order valence-electron chi connectivity index (χ3n) is 5.79. The Labute approximate surface area is 161 Å². The second-order valence-electron chi connectivity index (χ2n) is 7.72. The third kappa shape index (κ3) is 4.31. The van der Waals surface area contributed by atoms with Crippen molar-refractivity contribution in [3.63, 3.8) is 0 Å². The van der Waals surface area contributed by atoms with Crippen molar-refractivity contribution >= 4 is 17.7 Å². The number of carbonyl (C=O) groups is 3. The van der Waals surface area contributed by atoms with Crippen LogP contribution >= 0.6 is 0 Å². The number of likely N-dealkylation sites (tertiary alicyclic amines) is 1. The average molecular weight is 371 g/mol. The number of hydrogen-bond donors (Lipinski definition) is 0. The fourth-order valence-corrected chi connectivity index (χ4v) is 3.97. The molecule has 3 rings (SSSR count). The molecule has 2 fully saturated rings. The van der Waals surface area contributed by atoms with Gasteiger partial charge in [-0.3, -0.25) is 14.4 Å². The van der Waals surface area contributed by atoms with Crippen molar-refractivity contribution in [3.05, 3.63) is 34.9 Å². The highest BCUT2D eigenvalue weighted by Crippen LogP contribution is 2.21. The molecule has 0 spiro atoms. The number of hydrogen-bond acceptors (Lipinski definition) is 3. The Balaban J connectivity index is 1.54. The molecule has 146 valence electrons. The monoisotopic (exact) mass is 371 g/mol. The van der Waals surface area contributed by atoms with E-state index in [9.17, 15) is 14.4 Å². The molecule has 0 aromatic heterocycles. The zero-order valence-electron chi connectivity index (χ0n) is 16.5. The van der Waals surface area contributed by atoms with Crippen LogP contribution in [0.5, 0.6) is 0 Å². The first-order valence-corrected chi connectivity index (χ1v) is 9.77. The van der Waals surface area contributed by atoms with Gasteiger partial charge in [-0.1, -0.05) is 17.7 Å². The van der Waals surface area contributed by atoms with Crippen LogP contribution in [0.2, 0.25) is 0 Å². The Morgan fingerprint density at radius 1 is 0.852 bits per heavy atom. The van der Waals surface area contributed by atoms with Gasteiger partial charge < -0.3 is 14.7 Å². The standard InChI is InChI=1S/C21H29N3O3/c1-15-4-5-16(2)19(14-15)21(27)24-12-10-23(11-13-24)20(26)18-6-8-22(9-7-18)17(3)25/h4-5,14,18H,6-13H2,1-3H3. The highest BCUT2D eigenvalue weighted by atomic mass is 16.2. The smallest absolute Gasteiger partial charge is 0.254 e. The van der Waals surface area contributed by atoms with E-state index >= 15 is 0 Å². The first-order chi connectivity index (χ1) is 12.9. The van der Waals surface area contributed by atoms with E-state index in [-0.39, 0.29) is 23.6 Å². The predicted molar refractivity (Wildman–Crippen MR) is 103 cm³/mol. The van der Waals surface area contributed by atoms with E-state index in [1.54, 1.807) is 6.92 Å². The van der Waals surface area contributed by atoms with E-state index < -0.39 is 0 Å². The molecule has 3 amide bonds. The Bertz CT molecular complexity index is 730. The number of benzene rings is 1. The summed E-state index contributed by atoms with van der Waals surface area (Å²) in [5.74, 6) is 0.316. The Hall–Kier alpha value is -2.37.